The van der Waals surface area contributed by atoms with E-state index in [1.54, 1.807) is 28.6 Å². The summed E-state index contributed by atoms with van der Waals surface area (Å²) >= 11 is 0. The molecule has 0 radical (unpaired) electrons. The fourth-order valence-corrected chi connectivity index (χ4v) is 5.77. The summed E-state index contributed by atoms with van der Waals surface area (Å²) in [5.41, 5.74) is 2.41. The second kappa shape index (κ2) is 8.40. The lowest BCUT2D eigenvalue weighted by molar-refractivity contribution is 0.242. The average molecular weight is 428 g/mol. The minimum atomic E-state index is -3.49. The van der Waals surface area contributed by atoms with Crippen molar-refractivity contribution in [3.8, 4) is 5.75 Å². The number of aryl methyl sites for hydroxylation is 1. The first-order chi connectivity index (χ1) is 14.4. The molecule has 1 aromatic carbocycles. The quantitative estimate of drug-likeness (QED) is 0.570. The number of nitrogens with zero attached hydrogens (tertiary/aromatic N) is 3. The molecule has 1 fully saturated rings. The number of pyridine rings is 1. The Labute approximate surface area is 178 Å². The Morgan fingerprint density at radius 3 is 2.67 bits per heavy atom. The Balaban J connectivity index is 1.48. The predicted molar refractivity (Wildman–Crippen MR) is 118 cm³/mol. The SMILES string of the molecule is CCn1cc(CC2CCN(S(=O)(=O)c3ccc(OC(C)C)cc3)C2)c2ccncc21. The monoisotopic (exact) mass is 427 g/mol. The third-order valence-corrected chi connectivity index (χ3v) is 7.58. The summed E-state index contributed by atoms with van der Waals surface area (Å²) in [7, 11) is -3.49. The van der Waals surface area contributed by atoms with E-state index < -0.39 is 10.0 Å². The zero-order valence-corrected chi connectivity index (χ0v) is 18.6. The smallest absolute Gasteiger partial charge is 0.243 e. The van der Waals surface area contributed by atoms with Crippen molar-refractivity contribution in [1.29, 1.82) is 0 Å². The van der Waals surface area contributed by atoms with Gasteiger partial charge in [-0.05, 0) is 75.4 Å². The molecule has 3 aromatic rings. The lowest BCUT2D eigenvalue weighted by atomic mass is 9.99. The number of fused-ring (bicyclic) bond motifs is 1. The van der Waals surface area contributed by atoms with Crippen LogP contribution < -0.4 is 4.74 Å². The van der Waals surface area contributed by atoms with Crippen LogP contribution >= 0.6 is 0 Å². The van der Waals surface area contributed by atoms with Gasteiger partial charge < -0.3 is 9.30 Å². The highest BCUT2D eigenvalue weighted by atomic mass is 32.2. The number of sulfonamides is 1. The molecule has 0 amide bonds. The molecule has 1 atom stereocenters. The molecule has 1 unspecified atom stereocenters. The maximum absolute atomic E-state index is 13.1. The number of ether oxygens (including phenoxy) is 1. The van der Waals surface area contributed by atoms with Gasteiger partial charge in [-0.2, -0.15) is 4.31 Å². The van der Waals surface area contributed by atoms with Crippen LogP contribution in [0.1, 0.15) is 32.8 Å². The van der Waals surface area contributed by atoms with Crippen LogP contribution in [0.25, 0.3) is 10.9 Å². The molecule has 7 heteroatoms. The van der Waals surface area contributed by atoms with Gasteiger partial charge in [-0.3, -0.25) is 4.98 Å². The first kappa shape index (κ1) is 20.9. The van der Waals surface area contributed by atoms with E-state index in [0.29, 0.717) is 29.7 Å². The highest BCUT2D eigenvalue weighted by Gasteiger charge is 2.33. The molecule has 0 aliphatic carbocycles. The summed E-state index contributed by atoms with van der Waals surface area (Å²) in [6.07, 6.45) is 7.72. The van der Waals surface area contributed by atoms with Crippen LogP contribution in [0, 0.1) is 5.92 Å². The number of hydrogen-bond acceptors (Lipinski definition) is 4. The Morgan fingerprint density at radius 1 is 1.20 bits per heavy atom. The molecule has 6 nitrogen and oxygen atoms in total. The molecular weight excluding hydrogens is 398 g/mol. The third-order valence-electron chi connectivity index (χ3n) is 5.70. The van der Waals surface area contributed by atoms with E-state index in [1.807, 2.05) is 26.2 Å². The van der Waals surface area contributed by atoms with E-state index in [9.17, 15) is 8.42 Å². The van der Waals surface area contributed by atoms with Crippen LogP contribution in [-0.2, 0) is 23.0 Å². The normalized spacial score (nSPS) is 17.8. The molecule has 3 heterocycles. The molecule has 0 saturated carbocycles. The molecule has 2 aromatic heterocycles. The lowest BCUT2D eigenvalue weighted by Gasteiger charge is -2.17. The van der Waals surface area contributed by atoms with Crippen molar-refractivity contribution in [1.82, 2.24) is 13.9 Å². The molecule has 160 valence electrons. The molecule has 4 rings (SSSR count). The van der Waals surface area contributed by atoms with Gasteiger partial charge in [0.2, 0.25) is 10.0 Å². The highest BCUT2D eigenvalue weighted by molar-refractivity contribution is 7.89. The van der Waals surface area contributed by atoms with Crippen LogP contribution in [0.15, 0.2) is 53.8 Å². The van der Waals surface area contributed by atoms with Crippen molar-refractivity contribution >= 4 is 20.9 Å². The van der Waals surface area contributed by atoms with Crippen molar-refractivity contribution in [2.75, 3.05) is 13.1 Å². The topological polar surface area (TPSA) is 64.4 Å². The predicted octanol–water partition coefficient (Wildman–Crippen LogP) is 4.10. The minimum absolute atomic E-state index is 0.0567. The van der Waals surface area contributed by atoms with E-state index in [-0.39, 0.29) is 6.10 Å². The first-order valence-corrected chi connectivity index (χ1v) is 12.0. The Bertz CT molecular complexity index is 1120. The molecule has 1 aliphatic heterocycles. The van der Waals surface area contributed by atoms with Crippen molar-refractivity contribution in [2.24, 2.45) is 5.92 Å². The number of hydrogen-bond donors (Lipinski definition) is 0. The molecule has 1 saturated heterocycles. The van der Waals surface area contributed by atoms with Crippen LogP contribution in [0.3, 0.4) is 0 Å². The van der Waals surface area contributed by atoms with Gasteiger partial charge in [0.05, 0.1) is 22.7 Å². The second-order valence-electron chi connectivity index (χ2n) is 8.19. The van der Waals surface area contributed by atoms with Crippen molar-refractivity contribution in [2.45, 2.75) is 51.2 Å². The van der Waals surface area contributed by atoms with E-state index in [0.717, 1.165) is 24.9 Å². The maximum Gasteiger partial charge on any atom is 0.243 e. The summed E-state index contributed by atoms with van der Waals surface area (Å²) in [5.74, 6) is 0.998. The number of aromatic nitrogens is 2. The highest BCUT2D eigenvalue weighted by Crippen LogP contribution is 2.30. The molecular formula is C23H29N3O3S. The molecule has 1 aliphatic rings. The summed E-state index contributed by atoms with van der Waals surface area (Å²) in [6.45, 7) is 8.02. The molecule has 0 spiro atoms. The summed E-state index contributed by atoms with van der Waals surface area (Å²) < 4.78 is 35.7. The lowest BCUT2D eigenvalue weighted by Crippen LogP contribution is -2.29. The van der Waals surface area contributed by atoms with Gasteiger partial charge in [0, 0.05) is 37.4 Å². The van der Waals surface area contributed by atoms with Crippen molar-refractivity contribution < 1.29 is 13.2 Å². The van der Waals surface area contributed by atoms with Gasteiger partial charge in [0.1, 0.15) is 5.75 Å². The van der Waals surface area contributed by atoms with Crippen molar-refractivity contribution in [3.05, 3.63) is 54.5 Å². The Hall–Kier alpha value is -2.38. The summed E-state index contributed by atoms with van der Waals surface area (Å²) in [4.78, 5) is 4.58. The van der Waals surface area contributed by atoms with E-state index in [2.05, 4.69) is 28.7 Å². The first-order valence-electron chi connectivity index (χ1n) is 10.6. The van der Waals surface area contributed by atoms with Crippen LogP contribution in [0.2, 0.25) is 0 Å². The van der Waals surface area contributed by atoms with Crippen molar-refractivity contribution in [3.63, 3.8) is 0 Å². The van der Waals surface area contributed by atoms with Gasteiger partial charge in [-0.1, -0.05) is 0 Å². The standard InChI is InChI=1S/C23H29N3O3S/c1-4-25-16-19(22-9-11-24-14-23(22)25)13-18-10-12-26(15-18)30(27,28)21-7-5-20(6-8-21)29-17(2)3/h5-9,11,14,16-18H,4,10,12-13,15H2,1-3H3. The fraction of sp³-hybridized carbons (Fsp3) is 0.435. The summed E-state index contributed by atoms with van der Waals surface area (Å²) in [6, 6.07) is 8.80. The van der Waals surface area contributed by atoms with Crippen LogP contribution in [-0.4, -0.2) is 41.5 Å². The largest absolute Gasteiger partial charge is 0.491 e. The van der Waals surface area contributed by atoms with E-state index in [1.165, 1.54) is 10.9 Å². The minimum Gasteiger partial charge on any atom is -0.491 e. The molecule has 0 N–H and O–H groups in total. The van der Waals surface area contributed by atoms with E-state index >= 15 is 0 Å². The molecule has 0 bridgehead atoms. The van der Waals surface area contributed by atoms with Gasteiger partial charge in [-0.25, -0.2) is 8.42 Å². The Kier molecular flexibility index (Phi) is 5.84. The average Bonchev–Trinajstić information content (AvgIpc) is 3.34. The zero-order valence-electron chi connectivity index (χ0n) is 17.8. The van der Waals surface area contributed by atoms with Gasteiger partial charge in [0.25, 0.3) is 0 Å². The van der Waals surface area contributed by atoms with Crippen LogP contribution in [0.5, 0.6) is 5.75 Å². The number of benzene rings is 1. The summed E-state index contributed by atoms with van der Waals surface area (Å²) in [5, 5.41) is 1.22. The number of rotatable bonds is 7. The maximum atomic E-state index is 13.1. The Morgan fingerprint density at radius 2 is 1.97 bits per heavy atom. The van der Waals surface area contributed by atoms with E-state index in [4.69, 9.17) is 4.74 Å². The van der Waals surface area contributed by atoms with Gasteiger partial charge >= 0.3 is 0 Å². The third kappa shape index (κ3) is 4.09. The second-order valence-corrected chi connectivity index (χ2v) is 10.1. The fourth-order valence-electron chi connectivity index (χ4n) is 4.24. The van der Waals surface area contributed by atoms with Gasteiger partial charge in [-0.15, -0.1) is 0 Å². The van der Waals surface area contributed by atoms with Gasteiger partial charge in [0.15, 0.2) is 0 Å². The molecule has 30 heavy (non-hydrogen) atoms. The van der Waals surface area contributed by atoms with Crippen LogP contribution in [0.4, 0.5) is 0 Å². The zero-order chi connectivity index (χ0) is 21.3.